The Morgan fingerprint density at radius 3 is 2.42 bits per heavy atom. The lowest BCUT2D eigenvalue weighted by molar-refractivity contribution is -0.117. The fourth-order valence-electron chi connectivity index (χ4n) is 2.90. The molecule has 2 aromatic rings. The van der Waals surface area contributed by atoms with Gasteiger partial charge in [-0.1, -0.05) is 6.07 Å². The van der Waals surface area contributed by atoms with Crippen LogP contribution in [0.2, 0.25) is 0 Å². The van der Waals surface area contributed by atoms with Crippen LogP contribution in [-0.2, 0) is 19.6 Å². The Morgan fingerprint density at radius 2 is 1.77 bits per heavy atom. The van der Waals surface area contributed by atoms with Gasteiger partial charge in [0.25, 0.3) is 0 Å². The number of anilines is 2. The molecule has 31 heavy (non-hydrogen) atoms. The molecule has 0 radical (unpaired) electrons. The van der Waals surface area contributed by atoms with Gasteiger partial charge in [0.05, 0.1) is 11.5 Å². The van der Waals surface area contributed by atoms with Crippen molar-refractivity contribution in [2.45, 2.75) is 38.0 Å². The Balaban J connectivity index is 1.52. The highest BCUT2D eigenvalue weighted by atomic mass is 32.2. The van der Waals surface area contributed by atoms with E-state index in [1.54, 1.807) is 24.3 Å². The van der Waals surface area contributed by atoms with Gasteiger partial charge in [-0.05, 0) is 68.7 Å². The molecule has 0 bridgehead atoms. The predicted octanol–water partition coefficient (Wildman–Crippen LogP) is 3.05. The van der Waals surface area contributed by atoms with E-state index in [1.807, 2.05) is 19.9 Å². The molecule has 0 aromatic heterocycles. The number of carbonyl (C=O) groups excluding carboxylic acids is 2. The molecule has 1 saturated carbocycles. The van der Waals surface area contributed by atoms with E-state index in [9.17, 15) is 18.0 Å². The molecule has 1 aliphatic carbocycles. The number of benzene rings is 2. The van der Waals surface area contributed by atoms with Crippen LogP contribution < -0.4 is 20.1 Å². The van der Waals surface area contributed by atoms with Crippen LogP contribution in [0.3, 0.4) is 0 Å². The molecule has 0 aliphatic heterocycles. The van der Waals surface area contributed by atoms with Gasteiger partial charge in [0.2, 0.25) is 21.8 Å². The van der Waals surface area contributed by atoms with E-state index in [0.29, 0.717) is 23.7 Å². The maximum Gasteiger partial charge on any atom is 0.240 e. The first kappa shape index (κ1) is 22.8. The second-order valence-corrected chi connectivity index (χ2v) is 9.16. The highest BCUT2D eigenvalue weighted by molar-refractivity contribution is 7.89. The second-order valence-electron chi connectivity index (χ2n) is 7.39. The molecule has 3 rings (SSSR count). The Bertz CT molecular complexity index is 1050. The molecule has 2 amide bonds. The fourth-order valence-corrected chi connectivity index (χ4v) is 3.93. The molecule has 0 atom stereocenters. The molecule has 1 fully saturated rings. The van der Waals surface area contributed by atoms with Crippen LogP contribution >= 0.6 is 0 Å². The Hall–Kier alpha value is -2.91. The lowest BCUT2D eigenvalue weighted by Crippen LogP contribution is -2.28. The number of carbonyl (C=O) groups is 2. The third-order valence-electron chi connectivity index (χ3n) is 4.82. The summed E-state index contributed by atoms with van der Waals surface area (Å²) in [5.74, 6) is 0.336. The number of aryl methyl sites for hydroxylation is 1. The van der Waals surface area contributed by atoms with Gasteiger partial charge in [-0.3, -0.25) is 9.59 Å². The van der Waals surface area contributed by atoms with Crippen molar-refractivity contribution < 1.29 is 22.7 Å². The lowest BCUT2D eigenvalue weighted by atomic mass is 10.1. The zero-order valence-electron chi connectivity index (χ0n) is 17.6. The molecule has 2 aromatic carbocycles. The zero-order chi connectivity index (χ0) is 22.4. The van der Waals surface area contributed by atoms with Crippen LogP contribution in [0, 0.1) is 12.8 Å². The quantitative estimate of drug-likeness (QED) is 0.520. The third-order valence-corrected chi connectivity index (χ3v) is 6.29. The smallest absolute Gasteiger partial charge is 0.240 e. The zero-order valence-corrected chi connectivity index (χ0v) is 18.4. The molecule has 166 valence electrons. The van der Waals surface area contributed by atoms with Gasteiger partial charge in [0.1, 0.15) is 5.75 Å². The molecule has 8 nitrogen and oxygen atoms in total. The first-order chi connectivity index (χ1) is 14.8. The minimum Gasteiger partial charge on any atom is -0.494 e. The summed E-state index contributed by atoms with van der Waals surface area (Å²) in [4.78, 5) is 24.3. The van der Waals surface area contributed by atoms with Crippen molar-refractivity contribution in [3.05, 3.63) is 48.0 Å². The van der Waals surface area contributed by atoms with E-state index in [0.717, 1.165) is 18.4 Å². The molecule has 1 aliphatic rings. The predicted molar refractivity (Wildman–Crippen MR) is 119 cm³/mol. The number of nitrogens with one attached hydrogen (secondary N) is 3. The maximum absolute atomic E-state index is 12.4. The van der Waals surface area contributed by atoms with E-state index < -0.39 is 10.0 Å². The lowest BCUT2D eigenvalue weighted by Gasteiger charge is -2.12. The molecule has 0 spiro atoms. The van der Waals surface area contributed by atoms with Gasteiger partial charge in [-0.25, -0.2) is 13.1 Å². The van der Waals surface area contributed by atoms with Crippen LogP contribution in [0.4, 0.5) is 11.4 Å². The number of sulfonamides is 1. The number of hydrogen-bond donors (Lipinski definition) is 3. The topological polar surface area (TPSA) is 114 Å². The van der Waals surface area contributed by atoms with E-state index in [-0.39, 0.29) is 35.6 Å². The first-order valence-corrected chi connectivity index (χ1v) is 11.7. The van der Waals surface area contributed by atoms with Gasteiger partial charge < -0.3 is 15.4 Å². The average molecular weight is 446 g/mol. The summed E-state index contributed by atoms with van der Waals surface area (Å²) in [7, 11) is -3.72. The summed E-state index contributed by atoms with van der Waals surface area (Å²) >= 11 is 0. The Labute approximate surface area is 182 Å². The minimum atomic E-state index is -3.72. The van der Waals surface area contributed by atoms with Crippen molar-refractivity contribution in [1.82, 2.24) is 4.72 Å². The third kappa shape index (κ3) is 6.53. The summed E-state index contributed by atoms with van der Waals surface area (Å²) < 4.78 is 32.5. The van der Waals surface area contributed by atoms with E-state index >= 15 is 0 Å². The molecule has 0 unspecified atom stereocenters. The normalized spacial score (nSPS) is 13.5. The van der Waals surface area contributed by atoms with Crippen LogP contribution in [0.5, 0.6) is 5.75 Å². The first-order valence-electron chi connectivity index (χ1n) is 10.2. The summed E-state index contributed by atoms with van der Waals surface area (Å²) in [6, 6.07) is 11.4. The SMILES string of the molecule is CCOc1ccc(S(=O)(=O)NCCC(=O)Nc2cc(NC(=O)C3CC3)ccc2C)cc1. The van der Waals surface area contributed by atoms with Gasteiger partial charge >= 0.3 is 0 Å². The summed E-state index contributed by atoms with van der Waals surface area (Å²) in [6.45, 7) is 4.14. The summed E-state index contributed by atoms with van der Waals surface area (Å²) in [6.07, 6.45) is 1.79. The van der Waals surface area contributed by atoms with Crippen molar-refractivity contribution in [3.63, 3.8) is 0 Å². The standard InChI is InChI=1S/C22H27N3O5S/c1-3-30-18-8-10-19(11-9-18)31(28,29)23-13-12-21(26)25-20-14-17(7-4-15(20)2)24-22(27)16-5-6-16/h4,7-11,14,16,23H,3,5-6,12-13H2,1-2H3,(H,24,27)(H,25,26). The number of amides is 2. The molecule has 0 saturated heterocycles. The van der Waals surface area contributed by atoms with Crippen molar-refractivity contribution in [2.75, 3.05) is 23.8 Å². The van der Waals surface area contributed by atoms with E-state index in [4.69, 9.17) is 4.74 Å². The summed E-state index contributed by atoms with van der Waals surface area (Å²) in [5.41, 5.74) is 2.04. The molecule has 9 heteroatoms. The number of rotatable bonds is 10. The van der Waals surface area contributed by atoms with Crippen molar-refractivity contribution in [1.29, 1.82) is 0 Å². The monoisotopic (exact) mass is 445 g/mol. The maximum atomic E-state index is 12.4. The van der Waals surface area contributed by atoms with Crippen molar-refractivity contribution in [2.24, 2.45) is 5.92 Å². The Kier molecular flexibility index (Phi) is 7.29. The van der Waals surface area contributed by atoms with E-state index in [2.05, 4.69) is 15.4 Å². The van der Waals surface area contributed by atoms with Crippen molar-refractivity contribution in [3.8, 4) is 5.75 Å². The molecular formula is C22H27N3O5S. The van der Waals surface area contributed by atoms with Gasteiger partial charge in [0, 0.05) is 30.3 Å². The minimum absolute atomic E-state index is 0.00942. The molecule has 0 heterocycles. The number of hydrogen-bond acceptors (Lipinski definition) is 5. The van der Waals surface area contributed by atoms with Crippen molar-refractivity contribution >= 4 is 33.2 Å². The average Bonchev–Trinajstić information content (AvgIpc) is 3.56. The van der Waals surface area contributed by atoms with Crippen LogP contribution in [0.15, 0.2) is 47.4 Å². The van der Waals surface area contributed by atoms with Crippen LogP contribution in [0.25, 0.3) is 0 Å². The highest BCUT2D eigenvalue weighted by Gasteiger charge is 2.29. The molecule has 3 N–H and O–H groups in total. The van der Waals surface area contributed by atoms with Crippen LogP contribution in [-0.4, -0.2) is 33.4 Å². The number of ether oxygens (including phenoxy) is 1. The van der Waals surface area contributed by atoms with Gasteiger partial charge in [0.15, 0.2) is 0 Å². The van der Waals surface area contributed by atoms with E-state index in [1.165, 1.54) is 12.1 Å². The second kappa shape index (κ2) is 9.93. The molecular weight excluding hydrogens is 418 g/mol. The van der Waals surface area contributed by atoms with Gasteiger partial charge in [-0.2, -0.15) is 0 Å². The van der Waals surface area contributed by atoms with Gasteiger partial charge in [-0.15, -0.1) is 0 Å². The largest absolute Gasteiger partial charge is 0.494 e. The highest BCUT2D eigenvalue weighted by Crippen LogP contribution is 2.30. The Morgan fingerprint density at radius 1 is 1.06 bits per heavy atom. The summed E-state index contributed by atoms with van der Waals surface area (Å²) in [5, 5.41) is 5.62. The fraction of sp³-hybridized carbons (Fsp3) is 0.364. The van der Waals surface area contributed by atoms with Crippen LogP contribution in [0.1, 0.15) is 31.7 Å².